The molecule has 1 aliphatic heterocycles. The molecular weight excluding hydrogens is 442 g/mol. The Labute approximate surface area is 173 Å². The van der Waals surface area contributed by atoms with E-state index in [9.17, 15) is 41.0 Å². The summed E-state index contributed by atoms with van der Waals surface area (Å²) in [6, 6.07) is 1.86. The monoisotopic (exact) mass is 460 g/mol. The third kappa shape index (κ3) is 4.83. The Hall–Kier alpha value is -2.01. The number of nitrogens with zero attached hydrogens (tertiary/aromatic N) is 2. The standard InChI is InChI=1S/C18H19ClF6N2O3/c1-16(30,18(23,24)25)15(29)27-7-5-11(6-8-27)26(2)14(28)12-4-3-10(9-13(12)19)17(20,21)22/h3-4,9,11,30H,5-8H2,1-2H3. The van der Waals surface area contributed by atoms with Gasteiger partial charge in [0.15, 0.2) is 0 Å². The Morgan fingerprint density at radius 2 is 1.67 bits per heavy atom. The van der Waals surface area contributed by atoms with Gasteiger partial charge < -0.3 is 14.9 Å². The molecule has 0 aliphatic carbocycles. The maximum Gasteiger partial charge on any atom is 0.426 e. The zero-order valence-electron chi connectivity index (χ0n) is 15.9. The number of likely N-dealkylation sites (tertiary alicyclic amines) is 1. The Kier molecular flexibility index (Phi) is 6.68. The molecule has 5 nitrogen and oxygen atoms in total. The molecule has 1 heterocycles. The number of benzene rings is 1. The van der Waals surface area contributed by atoms with Gasteiger partial charge in [-0.3, -0.25) is 9.59 Å². The van der Waals surface area contributed by atoms with Crippen molar-refractivity contribution >= 4 is 23.4 Å². The normalized spacial score (nSPS) is 18.1. The zero-order valence-corrected chi connectivity index (χ0v) is 16.7. The summed E-state index contributed by atoms with van der Waals surface area (Å²) in [5.41, 5.74) is -4.67. The topological polar surface area (TPSA) is 60.9 Å². The summed E-state index contributed by atoms with van der Waals surface area (Å²) in [6.07, 6.45) is -9.50. The second kappa shape index (κ2) is 8.26. The van der Waals surface area contributed by atoms with Crippen LogP contribution in [0.1, 0.15) is 35.7 Å². The molecule has 0 saturated carbocycles. The van der Waals surface area contributed by atoms with E-state index in [2.05, 4.69) is 0 Å². The lowest BCUT2D eigenvalue weighted by atomic mass is 9.98. The van der Waals surface area contributed by atoms with Crippen LogP contribution in [0.15, 0.2) is 18.2 Å². The van der Waals surface area contributed by atoms with Crippen LogP contribution in [0.5, 0.6) is 0 Å². The van der Waals surface area contributed by atoms with E-state index in [4.69, 9.17) is 11.6 Å². The molecular formula is C18H19ClF6N2O3. The lowest BCUT2D eigenvalue weighted by Crippen LogP contribution is -2.58. The van der Waals surface area contributed by atoms with Gasteiger partial charge in [-0.15, -0.1) is 0 Å². The number of hydrogen-bond donors (Lipinski definition) is 1. The summed E-state index contributed by atoms with van der Waals surface area (Å²) in [5, 5.41) is 9.14. The van der Waals surface area contributed by atoms with Crippen LogP contribution in [0.4, 0.5) is 26.3 Å². The second-order valence-electron chi connectivity index (χ2n) is 7.20. The van der Waals surface area contributed by atoms with Crippen molar-refractivity contribution in [1.29, 1.82) is 0 Å². The van der Waals surface area contributed by atoms with E-state index in [1.54, 1.807) is 0 Å². The predicted octanol–water partition coefficient (Wildman–Crippen LogP) is 3.74. The number of carbonyl (C=O) groups excluding carboxylic acids is 2. The van der Waals surface area contributed by atoms with Gasteiger partial charge in [-0.25, -0.2) is 0 Å². The van der Waals surface area contributed by atoms with Gasteiger partial charge in [0.25, 0.3) is 11.8 Å². The van der Waals surface area contributed by atoms with Gasteiger partial charge in [0.05, 0.1) is 16.1 Å². The number of aliphatic hydroxyl groups is 1. The zero-order chi connectivity index (χ0) is 23.1. The van der Waals surface area contributed by atoms with Crippen molar-refractivity contribution in [3.8, 4) is 0 Å². The molecule has 1 fully saturated rings. The van der Waals surface area contributed by atoms with E-state index >= 15 is 0 Å². The Bertz CT molecular complexity index is 817. The summed E-state index contributed by atoms with van der Waals surface area (Å²) in [6.45, 7) is 0.117. The fraction of sp³-hybridized carbons (Fsp3) is 0.556. The van der Waals surface area contributed by atoms with Gasteiger partial charge in [0.2, 0.25) is 5.60 Å². The third-order valence-corrected chi connectivity index (χ3v) is 5.43. The van der Waals surface area contributed by atoms with Crippen LogP contribution < -0.4 is 0 Å². The predicted molar refractivity (Wildman–Crippen MR) is 94.8 cm³/mol. The van der Waals surface area contributed by atoms with E-state index in [0.717, 1.165) is 17.0 Å². The van der Waals surface area contributed by atoms with Gasteiger partial charge in [-0.05, 0) is 38.0 Å². The molecule has 2 amide bonds. The summed E-state index contributed by atoms with van der Waals surface area (Å²) in [7, 11) is 1.39. The van der Waals surface area contributed by atoms with Gasteiger partial charge in [-0.1, -0.05) is 11.6 Å². The molecule has 12 heteroatoms. The lowest BCUT2D eigenvalue weighted by molar-refractivity contribution is -0.250. The fourth-order valence-corrected chi connectivity index (χ4v) is 3.37. The van der Waals surface area contributed by atoms with E-state index in [0.29, 0.717) is 13.0 Å². The van der Waals surface area contributed by atoms with E-state index in [1.165, 1.54) is 11.9 Å². The van der Waals surface area contributed by atoms with Gasteiger partial charge in [0.1, 0.15) is 0 Å². The molecule has 1 N–H and O–H groups in total. The molecule has 1 aromatic carbocycles. The Morgan fingerprint density at radius 1 is 1.13 bits per heavy atom. The molecule has 0 aromatic heterocycles. The first-order chi connectivity index (χ1) is 13.6. The van der Waals surface area contributed by atoms with E-state index in [1.807, 2.05) is 0 Å². The first kappa shape index (κ1) is 24.3. The fourth-order valence-electron chi connectivity index (χ4n) is 3.11. The van der Waals surface area contributed by atoms with Crippen LogP contribution in [0.25, 0.3) is 0 Å². The van der Waals surface area contributed by atoms with Crippen molar-refractivity contribution in [1.82, 2.24) is 9.80 Å². The number of piperidine rings is 1. The highest BCUT2D eigenvalue weighted by molar-refractivity contribution is 6.33. The molecule has 1 unspecified atom stereocenters. The summed E-state index contributed by atoms with van der Waals surface area (Å²) < 4.78 is 76.7. The quantitative estimate of drug-likeness (QED) is 0.699. The first-order valence-electron chi connectivity index (χ1n) is 8.79. The largest absolute Gasteiger partial charge is 0.426 e. The average molecular weight is 461 g/mol. The number of carbonyl (C=O) groups is 2. The maximum absolute atomic E-state index is 12.8. The minimum atomic E-state index is -5.13. The smallest absolute Gasteiger partial charge is 0.373 e. The molecule has 1 aliphatic rings. The van der Waals surface area contributed by atoms with Crippen molar-refractivity contribution in [2.75, 3.05) is 20.1 Å². The Balaban J connectivity index is 2.06. The molecule has 30 heavy (non-hydrogen) atoms. The number of hydrogen-bond acceptors (Lipinski definition) is 3. The molecule has 1 saturated heterocycles. The third-order valence-electron chi connectivity index (χ3n) is 5.12. The highest BCUT2D eigenvalue weighted by Gasteiger charge is 2.57. The van der Waals surface area contributed by atoms with Crippen LogP contribution in [0, 0.1) is 0 Å². The number of halogens is 7. The number of rotatable bonds is 3. The van der Waals surface area contributed by atoms with Crippen LogP contribution >= 0.6 is 11.6 Å². The highest BCUT2D eigenvalue weighted by Crippen LogP contribution is 2.34. The van der Waals surface area contributed by atoms with Crippen molar-refractivity contribution in [3.63, 3.8) is 0 Å². The maximum atomic E-state index is 12.8. The molecule has 168 valence electrons. The first-order valence-corrected chi connectivity index (χ1v) is 9.17. The van der Waals surface area contributed by atoms with Crippen molar-refractivity contribution in [2.24, 2.45) is 0 Å². The minimum Gasteiger partial charge on any atom is -0.373 e. The highest BCUT2D eigenvalue weighted by atomic mass is 35.5. The average Bonchev–Trinajstić information content (AvgIpc) is 2.64. The van der Waals surface area contributed by atoms with Gasteiger partial charge in [-0.2, -0.15) is 26.3 Å². The summed E-state index contributed by atoms with van der Waals surface area (Å²) in [5.74, 6) is -2.13. The SMILES string of the molecule is CN(C(=O)c1ccc(C(F)(F)F)cc1Cl)C1CCN(C(=O)C(C)(O)C(F)(F)F)CC1. The molecule has 0 bridgehead atoms. The molecule has 0 radical (unpaired) electrons. The number of alkyl halides is 6. The molecule has 0 spiro atoms. The van der Waals surface area contributed by atoms with Crippen LogP contribution in [-0.2, 0) is 11.0 Å². The lowest BCUT2D eigenvalue weighted by Gasteiger charge is -2.39. The number of amides is 2. The van der Waals surface area contributed by atoms with Crippen molar-refractivity contribution in [2.45, 2.75) is 43.8 Å². The minimum absolute atomic E-state index is 0.125. The molecule has 2 rings (SSSR count). The molecule has 1 atom stereocenters. The Morgan fingerprint density at radius 3 is 2.10 bits per heavy atom. The van der Waals surface area contributed by atoms with E-state index < -0.39 is 41.4 Å². The van der Waals surface area contributed by atoms with Crippen LogP contribution in [0.3, 0.4) is 0 Å². The summed E-state index contributed by atoms with van der Waals surface area (Å²) in [4.78, 5) is 26.7. The van der Waals surface area contributed by atoms with Crippen LogP contribution in [-0.4, -0.2) is 64.7 Å². The van der Waals surface area contributed by atoms with Gasteiger partial charge in [0, 0.05) is 26.2 Å². The summed E-state index contributed by atoms with van der Waals surface area (Å²) >= 11 is 5.84. The molecule has 1 aromatic rings. The van der Waals surface area contributed by atoms with Crippen molar-refractivity contribution in [3.05, 3.63) is 34.3 Å². The van der Waals surface area contributed by atoms with Gasteiger partial charge >= 0.3 is 12.4 Å². The van der Waals surface area contributed by atoms with Crippen molar-refractivity contribution < 1.29 is 41.0 Å². The van der Waals surface area contributed by atoms with Crippen LogP contribution in [0.2, 0.25) is 5.02 Å². The van der Waals surface area contributed by atoms with E-state index in [-0.39, 0.29) is 36.5 Å². The second-order valence-corrected chi connectivity index (χ2v) is 7.61.